The maximum absolute atomic E-state index is 12.6. The van der Waals surface area contributed by atoms with E-state index in [-0.39, 0.29) is 17.9 Å². The molecule has 0 aliphatic heterocycles. The average molecular weight is 171 g/mol. The van der Waals surface area contributed by atoms with Crippen LogP contribution in [0.4, 0.5) is 4.39 Å². The number of aliphatic hydroxyl groups excluding tert-OH is 1. The topological polar surface area (TPSA) is 66.5 Å². The van der Waals surface area contributed by atoms with E-state index >= 15 is 0 Å². The quantitative estimate of drug-likeness (QED) is 0.607. The Labute approximate surface area is 69.3 Å². The van der Waals surface area contributed by atoms with Crippen molar-refractivity contribution in [3.05, 3.63) is 29.6 Å². The van der Waals surface area contributed by atoms with Crippen LogP contribution in [0.25, 0.3) is 0 Å². The van der Waals surface area contributed by atoms with E-state index in [0.29, 0.717) is 0 Å². The zero-order chi connectivity index (χ0) is 9.14. The summed E-state index contributed by atoms with van der Waals surface area (Å²) in [6.45, 7) is -0.0446. The van der Waals surface area contributed by atoms with Crippen molar-refractivity contribution in [1.82, 2.24) is 0 Å². The standard InChI is InChI=1S/C8H10FNO2/c9-5-1-2-7(11)6(3-5)8(12)4-10/h1-3,8,11-12H,4,10H2/t8-/m1/s1. The fourth-order valence-corrected chi connectivity index (χ4v) is 0.919. The molecule has 1 aromatic rings. The normalized spacial score (nSPS) is 12.9. The number of benzene rings is 1. The largest absolute Gasteiger partial charge is 0.508 e. The molecule has 0 aliphatic rings. The van der Waals surface area contributed by atoms with Crippen LogP contribution in [0.1, 0.15) is 11.7 Å². The summed E-state index contributed by atoms with van der Waals surface area (Å²) in [6.07, 6.45) is -1.01. The van der Waals surface area contributed by atoms with Crippen molar-refractivity contribution in [3.63, 3.8) is 0 Å². The van der Waals surface area contributed by atoms with Gasteiger partial charge in [0.15, 0.2) is 0 Å². The van der Waals surface area contributed by atoms with E-state index in [1.165, 1.54) is 6.07 Å². The maximum atomic E-state index is 12.6. The highest BCUT2D eigenvalue weighted by atomic mass is 19.1. The molecular weight excluding hydrogens is 161 g/mol. The van der Waals surface area contributed by atoms with E-state index in [1.807, 2.05) is 0 Å². The van der Waals surface area contributed by atoms with Crippen molar-refractivity contribution in [2.24, 2.45) is 5.73 Å². The minimum atomic E-state index is -1.01. The molecule has 4 heteroatoms. The summed E-state index contributed by atoms with van der Waals surface area (Å²) in [5, 5.41) is 18.3. The molecule has 66 valence electrons. The molecule has 0 heterocycles. The second kappa shape index (κ2) is 3.51. The van der Waals surface area contributed by atoms with Crippen LogP contribution in [0.3, 0.4) is 0 Å². The zero-order valence-corrected chi connectivity index (χ0v) is 6.37. The number of nitrogens with two attached hydrogens (primary N) is 1. The van der Waals surface area contributed by atoms with Gasteiger partial charge in [-0.2, -0.15) is 0 Å². The molecule has 1 rings (SSSR count). The summed E-state index contributed by atoms with van der Waals surface area (Å²) >= 11 is 0. The summed E-state index contributed by atoms with van der Waals surface area (Å²) in [6, 6.07) is 3.36. The lowest BCUT2D eigenvalue weighted by molar-refractivity contribution is 0.182. The van der Waals surface area contributed by atoms with Crippen LogP contribution in [0, 0.1) is 5.82 Å². The van der Waals surface area contributed by atoms with E-state index in [9.17, 15) is 9.50 Å². The predicted molar refractivity (Wildman–Crippen MR) is 42.1 cm³/mol. The lowest BCUT2D eigenvalue weighted by Gasteiger charge is -2.09. The van der Waals surface area contributed by atoms with Gasteiger partial charge in [-0.3, -0.25) is 0 Å². The molecule has 0 radical (unpaired) electrons. The number of hydrogen-bond acceptors (Lipinski definition) is 3. The molecule has 1 atom stereocenters. The van der Waals surface area contributed by atoms with Crippen LogP contribution in [-0.2, 0) is 0 Å². The summed E-state index contributed by atoms with van der Waals surface area (Å²) in [7, 11) is 0. The van der Waals surface area contributed by atoms with Gasteiger partial charge < -0.3 is 15.9 Å². The number of phenols is 1. The summed E-state index contributed by atoms with van der Waals surface area (Å²) < 4.78 is 12.6. The molecule has 0 bridgehead atoms. The first kappa shape index (κ1) is 8.96. The first-order valence-electron chi connectivity index (χ1n) is 3.51. The van der Waals surface area contributed by atoms with E-state index in [0.717, 1.165) is 12.1 Å². The molecule has 0 aliphatic carbocycles. The number of phenolic OH excluding ortho intramolecular Hbond substituents is 1. The number of halogens is 1. The van der Waals surface area contributed by atoms with Gasteiger partial charge >= 0.3 is 0 Å². The molecule has 0 saturated carbocycles. The van der Waals surface area contributed by atoms with E-state index in [2.05, 4.69) is 0 Å². The van der Waals surface area contributed by atoms with E-state index in [1.54, 1.807) is 0 Å². The van der Waals surface area contributed by atoms with Crippen molar-refractivity contribution in [2.45, 2.75) is 6.10 Å². The molecule has 0 aromatic heterocycles. The molecule has 0 unspecified atom stereocenters. The summed E-state index contributed by atoms with van der Waals surface area (Å²) in [4.78, 5) is 0. The van der Waals surface area contributed by atoms with Gasteiger partial charge in [0.1, 0.15) is 11.6 Å². The number of aromatic hydroxyl groups is 1. The minimum absolute atomic E-state index is 0.0446. The molecule has 3 nitrogen and oxygen atoms in total. The zero-order valence-electron chi connectivity index (χ0n) is 6.37. The number of rotatable bonds is 2. The molecule has 0 amide bonds. The lowest BCUT2D eigenvalue weighted by atomic mass is 10.1. The van der Waals surface area contributed by atoms with E-state index in [4.69, 9.17) is 10.8 Å². The van der Waals surface area contributed by atoms with Gasteiger partial charge in [0, 0.05) is 12.1 Å². The second-order valence-electron chi connectivity index (χ2n) is 2.45. The monoisotopic (exact) mass is 171 g/mol. The van der Waals surface area contributed by atoms with Gasteiger partial charge in [-0.1, -0.05) is 0 Å². The molecule has 12 heavy (non-hydrogen) atoms. The minimum Gasteiger partial charge on any atom is -0.508 e. The van der Waals surface area contributed by atoms with Gasteiger partial charge in [0.05, 0.1) is 6.10 Å². The van der Waals surface area contributed by atoms with Gasteiger partial charge in [-0.05, 0) is 18.2 Å². The van der Waals surface area contributed by atoms with Crippen LogP contribution < -0.4 is 5.73 Å². The molecule has 0 spiro atoms. The Morgan fingerprint density at radius 3 is 2.75 bits per heavy atom. The van der Waals surface area contributed by atoms with Gasteiger partial charge in [-0.25, -0.2) is 4.39 Å². The molecule has 4 N–H and O–H groups in total. The van der Waals surface area contributed by atoms with Crippen molar-refractivity contribution >= 4 is 0 Å². The average Bonchev–Trinajstić information content (AvgIpc) is 2.08. The van der Waals surface area contributed by atoms with Crippen molar-refractivity contribution in [3.8, 4) is 5.75 Å². The molecule has 0 saturated heterocycles. The third kappa shape index (κ3) is 1.72. The Morgan fingerprint density at radius 2 is 2.17 bits per heavy atom. The lowest BCUT2D eigenvalue weighted by Crippen LogP contribution is -2.11. The first-order chi connectivity index (χ1) is 5.65. The fourth-order valence-electron chi connectivity index (χ4n) is 0.919. The fraction of sp³-hybridized carbons (Fsp3) is 0.250. The van der Waals surface area contributed by atoms with E-state index < -0.39 is 11.9 Å². The predicted octanol–water partition coefficient (Wildman–Crippen LogP) is 0.523. The Morgan fingerprint density at radius 1 is 1.50 bits per heavy atom. The Balaban J connectivity index is 3.04. The third-order valence-corrected chi connectivity index (χ3v) is 1.57. The van der Waals surface area contributed by atoms with Crippen molar-refractivity contribution in [2.75, 3.05) is 6.54 Å². The first-order valence-corrected chi connectivity index (χ1v) is 3.51. The molecule has 1 aromatic carbocycles. The van der Waals surface area contributed by atoms with Gasteiger partial charge in [0.25, 0.3) is 0 Å². The highest BCUT2D eigenvalue weighted by molar-refractivity contribution is 5.34. The Bertz CT molecular complexity index is 278. The second-order valence-corrected chi connectivity index (χ2v) is 2.45. The molecule has 0 fully saturated rings. The van der Waals surface area contributed by atoms with Crippen LogP contribution >= 0.6 is 0 Å². The van der Waals surface area contributed by atoms with Crippen LogP contribution in [-0.4, -0.2) is 16.8 Å². The number of hydrogen-bond donors (Lipinski definition) is 3. The molecular formula is C8H10FNO2. The van der Waals surface area contributed by atoms with Crippen LogP contribution in [0.2, 0.25) is 0 Å². The van der Waals surface area contributed by atoms with Crippen LogP contribution in [0.5, 0.6) is 5.75 Å². The van der Waals surface area contributed by atoms with Gasteiger partial charge in [-0.15, -0.1) is 0 Å². The summed E-state index contributed by atoms with van der Waals surface area (Å²) in [5.41, 5.74) is 5.26. The van der Waals surface area contributed by atoms with Crippen LogP contribution in [0.15, 0.2) is 18.2 Å². The number of aliphatic hydroxyl groups is 1. The highest BCUT2D eigenvalue weighted by Gasteiger charge is 2.10. The van der Waals surface area contributed by atoms with Gasteiger partial charge in [0.2, 0.25) is 0 Å². The van der Waals surface area contributed by atoms with Crippen molar-refractivity contribution < 1.29 is 14.6 Å². The smallest absolute Gasteiger partial charge is 0.123 e. The SMILES string of the molecule is NC[C@@H](O)c1cc(F)ccc1O. The van der Waals surface area contributed by atoms with Crippen molar-refractivity contribution in [1.29, 1.82) is 0 Å². The maximum Gasteiger partial charge on any atom is 0.123 e. The Hall–Kier alpha value is -1.13. The summed E-state index contributed by atoms with van der Waals surface area (Å²) in [5.74, 6) is -0.648. The Kier molecular flexibility index (Phi) is 2.62. The third-order valence-electron chi connectivity index (χ3n) is 1.57. The highest BCUT2D eigenvalue weighted by Crippen LogP contribution is 2.23.